The molecule has 13 heavy (non-hydrogen) atoms. The number of hydrogen-bond donors (Lipinski definition) is 2. The molecule has 0 heterocycles. The van der Waals surface area contributed by atoms with Crippen LogP contribution in [0.25, 0.3) is 0 Å². The molecule has 2 N–H and O–H groups in total. The van der Waals surface area contributed by atoms with Crippen molar-refractivity contribution in [2.24, 2.45) is 0 Å². The van der Waals surface area contributed by atoms with E-state index >= 15 is 0 Å². The zero-order valence-corrected chi connectivity index (χ0v) is 8.16. The molecule has 2 heteroatoms. The molecule has 0 amide bonds. The molecule has 1 rings (SSSR count). The molecule has 74 valence electrons. The molecule has 0 spiro atoms. The van der Waals surface area contributed by atoms with Crippen molar-refractivity contribution in [2.45, 2.75) is 45.1 Å². The lowest BCUT2D eigenvalue weighted by molar-refractivity contribution is 0.198. The third-order valence-corrected chi connectivity index (χ3v) is 2.25. The Kier molecular flexibility index (Phi) is 4.03. The molecule has 0 aliphatic heterocycles. The van der Waals surface area contributed by atoms with Crippen molar-refractivity contribution in [1.29, 1.82) is 0 Å². The third-order valence-electron chi connectivity index (χ3n) is 2.25. The van der Waals surface area contributed by atoms with Gasteiger partial charge in [-0.25, -0.2) is 0 Å². The maximum atomic E-state index is 9.33. The highest BCUT2D eigenvalue weighted by Gasteiger charge is 2.11. The fraction of sp³-hybridized carbons (Fsp3) is 0.636. The van der Waals surface area contributed by atoms with Crippen LogP contribution in [0.3, 0.4) is 0 Å². The lowest BCUT2D eigenvalue weighted by Crippen LogP contribution is -2.09. The van der Waals surface area contributed by atoms with Crippen LogP contribution < -0.4 is 0 Å². The number of aliphatic hydroxyl groups is 2. The molecule has 0 aromatic rings. The molecule has 0 radical (unpaired) electrons. The highest BCUT2D eigenvalue weighted by atomic mass is 16.3. The zero-order chi connectivity index (χ0) is 9.68. The SMILES string of the molecule is CCCCCC1=CC(O)CC(O)=C1. The van der Waals surface area contributed by atoms with Crippen LogP contribution in [0.1, 0.15) is 39.0 Å². The van der Waals surface area contributed by atoms with E-state index in [-0.39, 0.29) is 0 Å². The maximum Gasteiger partial charge on any atom is 0.0954 e. The van der Waals surface area contributed by atoms with Gasteiger partial charge in [0.15, 0.2) is 0 Å². The van der Waals surface area contributed by atoms with Gasteiger partial charge >= 0.3 is 0 Å². The van der Waals surface area contributed by atoms with Crippen LogP contribution in [0, 0.1) is 0 Å². The molecule has 0 saturated carbocycles. The molecule has 1 aliphatic rings. The van der Waals surface area contributed by atoms with E-state index in [0.29, 0.717) is 12.2 Å². The molecular weight excluding hydrogens is 164 g/mol. The first-order valence-electron chi connectivity index (χ1n) is 5.00. The number of hydrogen-bond acceptors (Lipinski definition) is 2. The van der Waals surface area contributed by atoms with Crippen LogP contribution in [-0.2, 0) is 0 Å². The maximum absolute atomic E-state index is 9.33. The minimum atomic E-state index is -0.485. The smallest absolute Gasteiger partial charge is 0.0954 e. The molecule has 1 aliphatic carbocycles. The Balaban J connectivity index is 2.40. The molecule has 0 aromatic heterocycles. The first kappa shape index (κ1) is 10.3. The Morgan fingerprint density at radius 1 is 1.46 bits per heavy atom. The van der Waals surface area contributed by atoms with Gasteiger partial charge in [-0.2, -0.15) is 0 Å². The second kappa shape index (κ2) is 5.07. The van der Waals surface area contributed by atoms with E-state index in [1.54, 1.807) is 6.08 Å². The van der Waals surface area contributed by atoms with E-state index < -0.39 is 6.10 Å². The van der Waals surface area contributed by atoms with Gasteiger partial charge in [-0.3, -0.25) is 0 Å². The van der Waals surface area contributed by atoms with Crippen LogP contribution in [0.2, 0.25) is 0 Å². The molecule has 0 bridgehead atoms. The van der Waals surface area contributed by atoms with E-state index in [9.17, 15) is 10.2 Å². The summed E-state index contributed by atoms with van der Waals surface area (Å²) >= 11 is 0. The predicted molar refractivity (Wildman–Crippen MR) is 53.6 cm³/mol. The topological polar surface area (TPSA) is 40.5 Å². The average Bonchev–Trinajstić information content (AvgIpc) is 2.03. The number of allylic oxidation sites excluding steroid dienone is 2. The highest BCUT2D eigenvalue weighted by molar-refractivity contribution is 5.26. The second-order valence-corrected chi connectivity index (χ2v) is 3.61. The normalized spacial score (nSPS) is 22.5. The summed E-state index contributed by atoms with van der Waals surface area (Å²) in [6, 6.07) is 0. The minimum Gasteiger partial charge on any atom is -0.512 e. The predicted octanol–water partition coefficient (Wildman–Crippen LogP) is 2.70. The fourth-order valence-electron chi connectivity index (χ4n) is 1.58. The summed E-state index contributed by atoms with van der Waals surface area (Å²) in [4.78, 5) is 0. The van der Waals surface area contributed by atoms with Gasteiger partial charge in [-0.1, -0.05) is 25.8 Å². The van der Waals surface area contributed by atoms with Crippen LogP contribution in [0.4, 0.5) is 0 Å². The van der Waals surface area contributed by atoms with Crippen LogP contribution in [-0.4, -0.2) is 16.3 Å². The molecule has 1 atom stereocenters. The largest absolute Gasteiger partial charge is 0.512 e. The van der Waals surface area contributed by atoms with Gasteiger partial charge in [0.2, 0.25) is 0 Å². The first-order chi connectivity index (χ1) is 6.22. The Labute approximate surface area is 79.6 Å². The Morgan fingerprint density at radius 3 is 2.85 bits per heavy atom. The second-order valence-electron chi connectivity index (χ2n) is 3.61. The summed E-state index contributed by atoms with van der Waals surface area (Å²) in [7, 11) is 0. The number of rotatable bonds is 4. The van der Waals surface area contributed by atoms with Gasteiger partial charge < -0.3 is 10.2 Å². The number of unbranched alkanes of at least 4 members (excludes halogenated alkanes) is 2. The molecule has 2 nitrogen and oxygen atoms in total. The summed E-state index contributed by atoms with van der Waals surface area (Å²) < 4.78 is 0. The van der Waals surface area contributed by atoms with Crippen molar-refractivity contribution in [3.63, 3.8) is 0 Å². The van der Waals surface area contributed by atoms with Gasteiger partial charge in [0.25, 0.3) is 0 Å². The number of aliphatic hydroxyl groups excluding tert-OH is 2. The molecular formula is C11H18O2. The molecule has 0 aromatic carbocycles. The van der Waals surface area contributed by atoms with Crippen molar-refractivity contribution < 1.29 is 10.2 Å². The molecule has 1 unspecified atom stereocenters. The van der Waals surface area contributed by atoms with Crippen LogP contribution in [0.5, 0.6) is 0 Å². The van der Waals surface area contributed by atoms with Crippen LogP contribution >= 0.6 is 0 Å². The third kappa shape index (κ3) is 3.64. The van der Waals surface area contributed by atoms with Gasteiger partial charge in [-0.15, -0.1) is 0 Å². The monoisotopic (exact) mass is 182 g/mol. The standard InChI is InChI=1S/C11H18O2/c1-2-3-4-5-9-6-10(12)8-11(13)7-9/h6-7,10,12-13H,2-5,8H2,1H3. The Morgan fingerprint density at radius 2 is 2.23 bits per heavy atom. The Bertz CT molecular complexity index is 216. The summed E-state index contributed by atoms with van der Waals surface area (Å²) in [5, 5.41) is 18.6. The van der Waals surface area contributed by atoms with E-state index in [0.717, 1.165) is 18.4 Å². The average molecular weight is 182 g/mol. The summed E-state index contributed by atoms with van der Waals surface area (Å²) in [5.74, 6) is 0.307. The van der Waals surface area contributed by atoms with Gasteiger partial charge in [-0.05, 0) is 24.5 Å². The van der Waals surface area contributed by atoms with Crippen LogP contribution in [0.15, 0.2) is 23.5 Å². The van der Waals surface area contributed by atoms with Crippen molar-refractivity contribution in [3.05, 3.63) is 23.5 Å². The minimum absolute atomic E-state index is 0.307. The lowest BCUT2D eigenvalue weighted by atomic mass is 9.99. The van der Waals surface area contributed by atoms with E-state index in [2.05, 4.69) is 6.92 Å². The summed E-state index contributed by atoms with van der Waals surface area (Å²) in [6.07, 6.45) is 8.03. The fourth-order valence-corrected chi connectivity index (χ4v) is 1.58. The quantitative estimate of drug-likeness (QED) is 0.656. The van der Waals surface area contributed by atoms with E-state index in [4.69, 9.17) is 0 Å². The first-order valence-corrected chi connectivity index (χ1v) is 5.00. The van der Waals surface area contributed by atoms with E-state index in [1.807, 2.05) is 6.08 Å². The molecule has 0 saturated heterocycles. The van der Waals surface area contributed by atoms with Gasteiger partial charge in [0.05, 0.1) is 11.9 Å². The lowest BCUT2D eigenvalue weighted by Gasteiger charge is -2.14. The summed E-state index contributed by atoms with van der Waals surface area (Å²) in [5.41, 5.74) is 1.07. The van der Waals surface area contributed by atoms with Crippen molar-refractivity contribution in [1.82, 2.24) is 0 Å². The highest BCUT2D eigenvalue weighted by Crippen LogP contribution is 2.20. The van der Waals surface area contributed by atoms with E-state index in [1.165, 1.54) is 12.8 Å². The Hall–Kier alpha value is -0.760. The molecule has 0 fully saturated rings. The van der Waals surface area contributed by atoms with Crippen molar-refractivity contribution >= 4 is 0 Å². The zero-order valence-electron chi connectivity index (χ0n) is 8.16. The van der Waals surface area contributed by atoms with Crippen molar-refractivity contribution in [2.75, 3.05) is 0 Å². The summed E-state index contributed by atoms with van der Waals surface area (Å²) in [6.45, 7) is 2.16. The van der Waals surface area contributed by atoms with Crippen molar-refractivity contribution in [3.8, 4) is 0 Å². The van der Waals surface area contributed by atoms with Gasteiger partial charge in [0, 0.05) is 6.42 Å². The van der Waals surface area contributed by atoms with Gasteiger partial charge in [0.1, 0.15) is 0 Å².